The largest absolute Gasteiger partial charge is 0.328 e. The lowest BCUT2D eigenvalue weighted by atomic mass is 10.1. The first-order valence-corrected chi connectivity index (χ1v) is 8.73. The van der Waals surface area contributed by atoms with Crippen LogP contribution in [0, 0.1) is 13.8 Å². The maximum absolute atomic E-state index is 12.4. The van der Waals surface area contributed by atoms with Crippen LogP contribution in [0.4, 0.5) is 0 Å². The van der Waals surface area contributed by atoms with E-state index in [2.05, 4.69) is 31.2 Å². The van der Waals surface area contributed by atoms with Crippen molar-refractivity contribution in [3.63, 3.8) is 0 Å². The van der Waals surface area contributed by atoms with Crippen molar-refractivity contribution in [2.24, 2.45) is 0 Å². The molecule has 1 N–H and O–H groups in total. The standard InChI is InChI=1S/C18H22N2OS/c1-14-3-5-16(6-4-14)12-19-7-9-20(10-8-19)18(21)17-11-15(2)22-13-17/h3-6,11,13H,7-10,12H2,1-2H3/p+1. The number of quaternary nitrogens is 1. The summed E-state index contributed by atoms with van der Waals surface area (Å²) in [6.07, 6.45) is 0. The Morgan fingerprint density at radius 3 is 2.45 bits per heavy atom. The number of benzene rings is 1. The van der Waals surface area contributed by atoms with Crippen molar-refractivity contribution in [2.75, 3.05) is 26.2 Å². The van der Waals surface area contributed by atoms with Gasteiger partial charge in [-0.15, -0.1) is 11.3 Å². The molecule has 2 aromatic rings. The minimum Gasteiger partial charge on any atom is -0.328 e. The summed E-state index contributed by atoms with van der Waals surface area (Å²) in [5.41, 5.74) is 3.54. The van der Waals surface area contributed by atoms with Gasteiger partial charge in [0.2, 0.25) is 0 Å². The number of hydrogen-bond acceptors (Lipinski definition) is 2. The molecular formula is C18H23N2OS+. The second-order valence-corrected chi connectivity index (χ2v) is 7.27. The van der Waals surface area contributed by atoms with E-state index in [1.807, 2.05) is 23.3 Å². The minimum absolute atomic E-state index is 0.193. The third-order valence-corrected chi connectivity index (χ3v) is 5.17. The molecule has 0 spiro atoms. The fourth-order valence-corrected chi connectivity index (χ4v) is 3.61. The molecule has 2 heterocycles. The third kappa shape index (κ3) is 3.57. The number of carbonyl (C=O) groups excluding carboxylic acids is 1. The zero-order chi connectivity index (χ0) is 15.5. The SMILES string of the molecule is Cc1ccc(C[NH+]2CCN(C(=O)c3csc(C)c3)CC2)cc1. The van der Waals surface area contributed by atoms with Crippen LogP contribution in [0.2, 0.25) is 0 Å². The number of hydrogen-bond donors (Lipinski definition) is 1. The quantitative estimate of drug-likeness (QED) is 0.919. The van der Waals surface area contributed by atoms with Crippen LogP contribution in [0.1, 0.15) is 26.4 Å². The van der Waals surface area contributed by atoms with Gasteiger partial charge in [-0.05, 0) is 19.9 Å². The van der Waals surface area contributed by atoms with Crippen LogP contribution in [-0.4, -0.2) is 37.0 Å². The Kier molecular flexibility index (Phi) is 4.60. The molecule has 1 amide bonds. The van der Waals surface area contributed by atoms with Crippen LogP contribution in [0.25, 0.3) is 0 Å². The first-order valence-electron chi connectivity index (χ1n) is 7.85. The van der Waals surface area contributed by atoms with Crippen molar-refractivity contribution in [2.45, 2.75) is 20.4 Å². The molecular weight excluding hydrogens is 292 g/mol. The Hall–Kier alpha value is -1.65. The Balaban J connectivity index is 1.54. The van der Waals surface area contributed by atoms with Crippen molar-refractivity contribution in [1.82, 2.24) is 4.90 Å². The molecule has 1 saturated heterocycles. The van der Waals surface area contributed by atoms with E-state index < -0.39 is 0 Å². The summed E-state index contributed by atoms with van der Waals surface area (Å²) >= 11 is 1.65. The highest BCUT2D eigenvalue weighted by molar-refractivity contribution is 7.10. The van der Waals surface area contributed by atoms with Crippen molar-refractivity contribution in [3.8, 4) is 0 Å². The lowest BCUT2D eigenvalue weighted by Gasteiger charge is -2.32. The number of amides is 1. The van der Waals surface area contributed by atoms with Gasteiger partial charge in [0, 0.05) is 15.8 Å². The zero-order valence-electron chi connectivity index (χ0n) is 13.3. The number of piperazine rings is 1. The number of nitrogens with one attached hydrogen (secondary N) is 1. The highest BCUT2D eigenvalue weighted by Crippen LogP contribution is 2.15. The molecule has 116 valence electrons. The summed E-state index contributed by atoms with van der Waals surface area (Å²) in [5, 5.41) is 1.98. The predicted molar refractivity (Wildman–Crippen MR) is 90.5 cm³/mol. The van der Waals surface area contributed by atoms with E-state index in [1.54, 1.807) is 16.2 Å². The Bertz CT molecular complexity index is 639. The van der Waals surface area contributed by atoms with Gasteiger partial charge < -0.3 is 9.80 Å². The zero-order valence-corrected chi connectivity index (χ0v) is 14.1. The lowest BCUT2D eigenvalue weighted by molar-refractivity contribution is -0.917. The third-order valence-electron chi connectivity index (χ3n) is 4.31. The van der Waals surface area contributed by atoms with Crippen LogP contribution in [0.5, 0.6) is 0 Å². The molecule has 0 unspecified atom stereocenters. The molecule has 0 aliphatic carbocycles. The molecule has 1 aromatic heterocycles. The van der Waals surface area contributed by atoms with Gasteiger partial charge in [0.1, 0.15) is 6.54 Å². The fourth-order valence-electron chi connectivity index (χ4n) is 2.94. The second-order valence-electron chi connectivity index (χ2n) is 6.15. The van der Waals surface area contributed by atoms with Crippen molar-refractivity contribution in [3.05, 3.63) is 57.3 Å². The van der Waals surface area contributed by atoms with Gasteiger partial charge in [0.25, 0.3) is 5.91 Å². The first-order chi connectivity index (χ1) is 10.6. The molecule has 1 aromatic carbocycles. The van der Waals surface area contributed by atoms with Crippen molar-refractivity contribution in [1.29, 1.82) is 0 Å². The van der Waals surface area contributed by atoms with Crippen LogP contribution in [0.3, 0.4) is 0 Å². The van der Waals surface area contributed by atoms with E-state index in [0.717, 1.165) is 38.3 Å². The summed E-state index contributed by atoms with van der Waals surface area (Å²) in [7, 11) is 0. The summed E-state index contributed by atoms with van der Waals surface area (Å²) in [6.45, 7) is 8.99. The van der Waals surface area contributed by atoms with Crippen molar-refractivity contribution < 1.29 is 9.69 Å². The second kappa shape index (κ2) is 6.63. The van der Waals surface area contributed by atoms with Gasteiger partial charge in [-0.3, -0.25) is 4.79 Å². The monoisotopic (exact) mass is 315 g/mol. The predicted octanol–water partition coefficient (Wildman–Crippen LogP) is 1.91. The van der Waals surface area contributed by atoms with Crippen LogP contribution >= 0.6 is 11.3 Å². The van der Waals surface area contributed by atoms with Gasteiger partial charge in [-0.25, -0.2) is 0 Å². The van der Waals surface area contributed by atoms with Gasteiger partial charge in [0.05, 0.1) is 31.7 Å². The highest BCUT2D eigenvalue weighted by atomic mass is 32.1. The number of thiophene rings is 1. The average molecular weight is 315 g/mol. The minimum atomic E-state index is 0.193. The van der Waals surface area contributed by atoms with E-state index in [1.165, 1.54) is 16.0 Å². The van der Waals surface area contributed by atoms with E-state index in [0.29, 0.717) is 0 Å². The van der Waals surface area contributed by atoms with Crippen molar-refractivity contribution >= 4 is 17.2 Å². The number of rotatable bonds is 3. The Morgan fingerprint density at radius 2 is 1.86 bits per heavy atom. The topological polar surface area (TPSA) is 24.8 Å². The van der Waals surface area contributed by atoms with Gasteiger partial charge >= 0.3 is 0 Å². The summed E-state index contributed by atoms with van der Waals surface area (Å²) in [4.78, 5) is 17.2. The number of carbonyl (C=O) groups is 1. The fraction of sp³-hybridized carbons (Fsp3) is 0.389. The normalized spacial score (nSPS) is 16.0. The molecule has 0 radical (unpaired) electrons. The van der Waals surface area contributed by atoms with Gasteiger partial charge in [-0.2, -0.15) is 0 Å². The molecule has 1 aliphatic heterocycles. The van der Waals surface area contributed by atoms with E-state index in [9.17, 15) is 4.79 Å². The van der Waals surface area contributed by atoms with Crippen LogP contribution in [0.15, 0.2) is 35.7 Å². The molecule has 3 nitrogen and oxygen atoms in total. The maximum atomic E-state index is 12.4. The van der Waals surface area contributed by atoms with Gasteiger partial charge in [0.15, 0.2) is 0 Å². The van der Waals surface area contributed by atoms with Crippen LogP contribution in [-0.2, 0) is 6.54 Å². The van der Waals surface area contributed by atoms with Gasteiger partial charge in [-0.1, -0.05) is 29.8 Å². The molecule has 1 fully saturated rings. The molecule has 4 heteroatoms. The highest BCUT2D eigenvalue weighted by Gasteiger charge is 2.24. The average Bonchev–Trinajstić information content (AvgIpc) is 2.96. The molecule has 3 rings (SSSR count). The smallest absolute Gasteiger partial charge is 0.255 e. The number of nitrogens with zero attached hydrogens (tertiary/aromatic N) is 1. The Labute approximate surface area is 136 Å². The molecule has 0 atom stereocenters. The van der Waals surface area contributed by atoms with E-state index >= 15 is 0 Å². The lowest BCUT2D eigenvalue weighted by Crippen LogP contribution is -3.13. The molecule has 1 aliphatic rings. The molecule has 0 bridgehead atoms. The number of aryl methyl sites for hydroxylation is 2. The van der Waals surface area contributed by atoms with E-state index in [-0.39, 0.29) is 5.91 Å². The van der Waals surface area contributed by atoms with Crippen LogP contribution < -0.4 is 4.90 Å². The Morgan fingerprint density at radius 1 is 1.18 bits per heavy atom. The summed E-state index contributed by atoms with van der Waals surface area (Å²) in [5.74, 6) is 0.193. The van der Waals surface area contributed by atoms with E-state index in [4.69, 9.17) is 0 Å². The summed E-state index contributed by atoms with van der Waals surface area (Å²) < 4.78 is 0. The molecule has 0 saturated carbocycles. The maximum Gasteiger partial charge on any atom is 0.255 e. The molecule has 22 heavy (non-hydrogen) atoms. The first kappa shape index (κ1) is 15.3. The summed E-state index contributed by atoms with van der Waals surface area (Å²) in [6, 6.07) is 10.8.